The highest BCUT2D eigenvalue weighted by atomic mass is 127. The minimum Gasteiger partial charge on any atom is -0.497 e. The number of halogens is 1. The number of rotatable bonds is 6. The lowest BCUT2D eigenvalue weighted by Gasteiger charge is -2.13. The molecule has 0 radical (unpaired) electrons. The van der Waals surface area contributed by atoms with E-state index in [0.717, 1.165) is 14.9 Å². The highest BCUT2D eigenvalue weighted by molar-refractivity contribution is 14.1. The molecular formula is C14H17IO4. The van der Waals surface area contributed by atoms with Gasteiger partial charge in [0.25, 0.3) is 0 Å². The number of hydrogen-bond donors (Lipinski definition) is 1. The molecule has 1 N–H and O–H groups in total. The number of methoxy groups -OCH3 is 1. The Morgan fingerprint density at radius 3 is 2.63 bits per heavy atom. The molecule has 0 unspecified atom stereocenters. The van der Waals surface area contributed by atoms with E-state index in [0.29, 0.717) is 13.0 Å². The van der Waals surface area contributed by atoms with E-state index in [-0.39, 0.29) is 12.9 Å². The molecule has 0 heterocycles. The Hall–Kier alpha value is -0.630. The predicted octanol–water partition coefficient (Wildman–Crippen LogP) is 2.64. The molecule has 104 valence electrons. The van der Waals surface area contributed by atoms with Crippen LogP contribution in [0.5, 0.6) is 5.75 Å². The standard InChI is InChI=1S/C14H17IO4/c1-17-12-4-2-10(3-5-12)8-18-9-19-14-7-11(16)6-13(14)15/h2-6,11,14,16H,7-9H2,1H3/t11-,14+/m1/s1. The van der Waals surface area contributed by atoms with Gasteiger partial charge in [-0.25, -0.2) is 0 Å². The molecule has 1 aliphatic rings. The summed E-state index contributed by atoms with van der Waals surface area (Å²) in [4.78, 5) is 0. The fourth-order valence-electron chi connectivity index (χ4n) is 1.85. The highest BCUT2D eigenvalue weighted by Crippen LogP contribution is 2.27. The summed E-state index contributed by atoms with van der Waals surface area (Å²) in [7, 11) is 1.64. The van der Waals surface area contributed by atoms with Crippen molar-refractivity contribution in [3.63, 3.8) is 0 Å². The Labute approximate surface area is 126 Å². The second-order valence-electron chi connectivity index (χ2n) is 4.32. The van der Waals surface area contributed by atoms with Gasteiger partial charge in [-0.1, -0.05) is 12.1 Å². The highest BCUT2D eigenvalue weighted by Gasteiger charge is 2.23. The van der Waals surface area contributed by atoms with Crippen LogP contribution in [-0.4, -0.2) is 31.2 Å². The van der Waals surface area contributed by atoms with Crippen molar-refractivity contribution < 1.29 is 19.3 Å². The first-order valence-corrected chi connectivity index (χ1v) is 7.14. The zero-order valence-electron chi connectivity index (χ0n) is 10.7. The van der Waals surface area contributed by atoms with Gasteiger partial charge >= 0.3 is 0 Å². The van der Waals surface area contributed by atoms with E-state index in [9.17, 15) is 5.11 Å². The van der Waals surface area contributed by atoms with Crippen molar-refractivity contribution >= 4 is 22.6 Å². The van der Waals surface area contributed by atoms with Crippen LogP contribution in [0.25, 0.3) is 0 Å². The monoisotopic (exact) mass is 376 g/mol. The third-order valence-corrected chi connectivity index (χ3v) is 3.95. The topological polar surface area (TPSA) is 47.9 Å². The van der Waals surface area contributed by atoms with Crippen LogP contribution in [0.15, 0.2) is 33.9 Å². The van der Waals surface area contributed by atoms with Crippen LogP contribution in [0.4, 0.5) is 0 Å². The summed E-state index contributed by atoms with van der Waals surface area (Å²) < 4.78 is 17.2. The first kappa shape index (κ1) is 14.8. The summed E-state index contributed by atoms with van der Waals surface area (Å²) in [6, 6.07) is 7.72. The van der Waals surface area contributed by atoms with Gasteiger partial charge in [-0.3, -0.25) is 0 Å². The van der Waals surface area contributed by atoms with Crippen molar-refractivity contribution in [2.24, 2.45) is 0 Å². The summed E-state index contributed by atoms with van der Waals surface area (Å²) in [6.45, 7) is 0.726. The Morgan fingerprint density at radius 1 is 1.32 bits per heavy atom. The second-order valence-corrected chi connectivity index (χ2v) is 5.57. The Morgan fingerprint density at radius 2 is 2.05 bits per heavy atom. The average molecular weight is 376 g/mol. The maximum atomic E-state index is 9.44. The Bertz CT molecular complexity index is 430. The smallest absolute Gasteiger partial charge is 0.148 e. The lowest BCUT2D eigenvalue weighted by molar-refractivity contribution is -0.0861. The molecule has 1 aromatic carbocycles. The van der Waals surface area contributed by atoms with E-state index < -0.39 is 6.10 Å². The summed E-state index contributed by atoms with van der Waals surface area (Å²) in [5.74, 6) is 0.833. The second kappa shape index (κ2) is 7.23. The van der Waals surface area contributed by atoms with Crippen LogP contribution < -0.4 is 4.74 Å². The van der Waals surface area contributed by atoms with Gasteiger partial charge in [0.15, 0.2) is 0 Å². The van der Waals surface area contributed by atoms with E-state index >= 15 is 0 Å². The van der Waals surface area contributed by atoms with Crippen LogP contribution >= 0.6 is 22.6 Å². The maximum Gasteiger partial charge on any atom is 0.148 e. The lowest BCUT2D eigenvalue weighted by Crippen LogP contribution is -2.15. The molecular weight excluding hydrogens is 359 g/mol. The van der Waals surface area contributed by atoms with Crippen molar-refractivity contribution in [1.29, 1.82) is 0 Å². The number of ether oxygens (including phenoxy) is 3. The van der Waals surface area contributed by atoms with Crippen molar-refractivity contribution in [3.8, 4) is 5.75 Å². The van der Waals surface area contributed by atoms with Crippen LogP contribution in [0, 0.1) is 0 Å². The van der Waals surface area contributed by atoms with Gasteiger partial charge in [0.1, 0.15) is 12.5 Å². The van der Waals surface area contributed by atoms with Crippen molar-refractivity contribution in [2.45, 2.75) is 25.2 Å². The molecule has 2 atom stereocenters. The van der Waals surface area contributed by atoms with E-state index in [2.05, 4.69) is 22.6 Å². The molecule has 0 bridgehead atoms. The molecule has 19 heavy (non-hydrogen) atoms. The molecule has 0 amide bonds. The molecule has 0 saturated heterocycles. The molecule has 0 spiro atoms. The zero-order valence-corrected chi connectivity index (χ0v) is 12.9. The normalized spacial score (nSPS) is 22.4. The number of aliphatic hydroxyl groups is 1. The largest absolute Gasteiger partial charge is 0.497 e. The molecule has 1 aliphatic carbocycles. The summed E-state index contributed by atoms with van der Waals surface area (Å²) >= 11 is 2.19. The van der Waals surface area contributed by atoms with E-state index in [1.165, 1.54) is 0 Å². The fourth-order valence-corrected chi connectivity index (χ4v) is 2.70. The van der Waals surface area contributed by atoms with Gasteiger partial charge in [0.05, 0.1) is 25.9 Å². The Balaban J connectivity index is 1.68. The number of hydrogen-bond acceptors (Lipinski definition) is 4. The zero-order chi connectivity index (χ0) is 13.7. The molecule has 1 aromatic rings. The molecule has 0 saturated carbocycles. The van der Waals surface area contributed by atoms with Gasteiger partial charge < -0.3 is 19.3 Å². The summed E-state index contributed by atoms with van der Waals surface area (Å²) in [6.07, 6.45) is 2.00. The summed E-state index contributed by atoms with van der Waals surface area (Å²) in [5.41, 5.74) is 1.07. The Kier molecular flexibility index (Phi) is 5.62. The quantitative estimate of drug-likeness (QED) is 0.471. The molecule has 4 nitrogen and oxygen atoms in total. The average Bonchev–Trinajstić information content (AvgIpc) is 2.74. The third-order valence-electron chi connectivity index (χ3n) is 2.90. The lowest BCUT2D eigenvalue weighted by atomic mass is 10.2. The molecule has 0 fully saturated rings. The fraction of sp³-hybridized carbons (Fsp3) is 0.429. The molecule has 2 rings (SSSR count). The van der Waals surface area contributed by atoms with Crippen molar-refractivity contribution in [2.75, 3.05) is 13.9 Å². The van der Waals surface area contributed by atoms with Gasteiger partial charge in [0, 0.05) is 10.0 Å². The van der Waals surface area contributed by atoms with Crippen LogP contribution in [0.3, 0.4) is 0 Å². The predicted molar refractivity (Wildman–Crippen MR) is 80.2 cm³/mol. The maximum absolute atomic E-state index is 9.44. The molecule has 0 aliphatic heterocycles. The van der Waals surface area contributed by atoms with Gasteiger partial charge in [-0.15, -0.1) is 0 Å². The van der Waals surface area contributed by atoms with E-state index in [1.807, 2.05) is 30.3 Å². The van der Waals surface area contributed by atoms with Gasteiger partial charge in [-0.2, -0.15) is 0 Å². The number of aliphatic hydroxyl groups excluding tert-OH is 1. The van der Waals surface area contributed by atoms with Gasteiger partial charge in [0.2, 0.25) is 0 Å². The molecule has 0 aromatic heterocycles. The van der Waals surface area contributed by atoms with Crippen LogP contribution in [0.1, 0.15) is 12.0 Å². The first-order valence-electron chi connectivity index (χ1n) is 6.06. The van der Waals surface area contributed by atoms with Crippen LogP contribution in [0.2, 0.25) is 0 Å². The first-order chi connectivity index (χ1) is 9.19. The minimum atomic E-state index is -0.390. The number of benzene rings is 1. The third kappa shape index (κ3) is 4.45. The minimum absolute atomic E-state index is 0.0357. The van der Waals surface area contributed by atoms with E-state index in [1.54, 1.807) is 7.11 Å². The van der Waals surface area contributed by atoms with Gasteiger partial charge in [-0.05, 0) is 46.4 Å². The van der Waals surface area contributed by atoms with Crippen LogP contribution in [-0.2, 0) is 16.1 Å². The van der Waals surface area contributed by atoms with E-state index in [4.69, 9.17) is 14.2 Å². The SMILES string of the molecule is COc1ccc(COCO[C@H]2C[C@H](O)C=C2I)cc1. The molecule has 5 heteroatoms. The van der Waals surface area contributed by atoms with Crippen molar-refractivity contribution in [3.05, 3.63) is 39.5 Å². The summed E-state index contributed by atoms with van der Waals surface area (Å²) in [5, 5.41) is 9.44. The van der Waals surface area contributed by atoms with Crippen molar-refractivity contribution in [1.82, 2.24) is 0 Å².